The van der Waals surface area contributed by atoms with E-state index in [1.807, 2.05) is 0 Å². The summed E-state index contributed by atoms with van der Waals surface area (Å²) in [5, 5.41) is 0.387. The van der Waals surface area contributed by atoms with Crippen LogP contribution in [0.4, 0.5) is 0 Å². The van der Waals surface area contributed by atoms with E-state index < -0.39 is 11.6 Å². The lowest BCUT2D eigenvalue weighted by Gasteiger charge is -2.18. The summed E-state index contributed by atoms with van der Waals surface area (Å²) >= 11 is 15.8. The third-order valence-corrected chi connectivity index (χ3v) is 5.83. The molecule has 0 heterocycles. The van der Waals surface area contributed by atoms with Gasteiger partial charge in [-0.15, -0.1) is 0 Å². The van der Waals surface area contributed by atoms with Gasteiger partial charge in [0, 0.05) is 17.2 Å². The molecule has 3 rings (SSSR count). The highest BCUT2D eigenvalue weighted by Gasteiger charge is 2.29. The number of ketones is 2. The van der Waals surface area contributed by atoms with Crippen LogP contribution in [0.5, 0.6) is 17.2 Å². The van der Waals surface area contributed by atoms with Crippen LogP contribution >= 0.6 is 39.1 Å². The number of rotatable bonds is 7. The number of methoxy groups -OCH3 is 3. The quantitative estimate of drug-likeness (QED) is 0.343. The van der Waals surface area contributed by atoms with E-state index in [4.69, 9.17) is 37.4 Å². The number of benzene rings is 3. The molecule has 0 aliphatic carbocycles. The molecule has 31 heavy (non-hydrogen) atoms. The van der Waals surface area contributed by atoms with E-state index in [0.717, 1.165) is 0 Å². The van der Waals surface area contributed by atoms with Crippen LogP contribution in [0.3, 0.4) is 0 Å². The molecule has 0 saturated carbocycles. The van der Waals surface area contributed by atoms with Crippen LogP contribution in [-0.2, 0) is 0 Å². The van der Waals surface area contributed by atoms with Crippen LogP contribution in [0.1, 0.15) is 31.8 Å². The molecule has 8 heteroatoms. The summed E-state index contributed by atoms with van der Waals surface area (Å²) in [6.45, 7) is 0. The topological polar surface area (TPSA) is 61.8 Å². The number of carbonyl (C=O) groups is 2. The smallest absolute Gasteiger partial charge is 0.201 e. The van der Waals surface area contributed by atoms with Gasteiger partial charge < -0.3 is 14.2 Å². The van der Waals surface area contributed by atoms with E-state index in [0.29, 0.717) is 10.2 Å². The summed E-state index contributed by atoms with van der Waals surface area (Å²) in [5.41, 5.74) is 0.518. The minimum absolute atomic E-state index is 0.113. The molecule has 160 valence electrons. The molecule has 0 unspecified atom stereocenters. The Bertz CT molecular complexity index is 1160. The first-order valence-electron chi connectivity index (χ1n) is 8.96. The van der Waals surface area contributed by atoms with Gasteiger partial charge in [-0.05, 0) is 28.1 Å². The second-order valence-corrected chi connectivity index (χ2v) is 7.97. The van der Waals surface area contributed by atoms with Crippen molar-refractivity contribution in [1.29, 1.82) is 0 Å². The molecular weight excluding hydrogens is 507 g/mol. The Morgan fingerprint density at radius 2 is 1.26 bits per heavy atom. The van der Waals surface area contributed by atoms with Gasteiger partial charge in [0.25, 0.3) is 0 Å². The highest BCUT2D eigenvalue weighted by atomic mass is 79.9. The van der Waals surface area contributed by atoms with Crippen molar-refractivity contribution in [1.82, 2.24) is 0 Å². The van der Waals surface area contributed by atoms with Gasteiger partial charge in [-0.2, -0.15) is 0 Å². The fourth-order valence-electron chi connectivity index (χ4n) is 3.22. The van der Waals surface area contributed by atoms with Crippen LogP contribution in [0.2, 0.25) is 10.0 Å². The number of halogens is 3. The second-order valence-electron chi connectivity index (χ2n) is 6.30. The third kappa shape index (κ3) is 4.28. The average Bonchev–Trinajstić information content (AvgIpc) is 2.77. The van der Waals surface area contributed by atoms with Crippen molar-refractivity contribution in [3.8, 4) is 17.2 Å². The Labute approximate surface area is 198 Å². The average molecular weight is 524 g/mol. The molecule has 0 amide bonds. The zero-order valence-corrected chi connectivity index (χ0v) is 19.9. The zero-order chi connectivity index (χ0) is 22.7. The molecule has 0 fully saturated rings. The molecule has 0 aliphatic rings. The van der Waals surface area contributed by atoms with Crippen LogP contribution < -0.4 is 14.2 Å². The number of carbonyl (C=O) groups excluding carboxylic acids is 2. The molecule has 0 saturated heterocycles. The Morgan fingerprint density at radius 3 is 1.74 bits per heavy atom. The first kappa shape index (κ1) is 23.1. The normalized spacial score (nSPS) is 10.5. The molecule has 0 aromatic heterocycles. The minimum Gasteiger partial charge on any atom is -0.495 e. The van der Waals surface area contributed by atoms with Crippen molar-refractivity contribution in [2.75, 3.05) is 21.3 Å². The lowest BCUT2D eigenvalue weighted by molar-refractivity contribution is 0.0999. The molecule has 0 radical (unpaired) electrons. The molecule has 0 aliphatic heterocycles. The maximum absolute atomic E-state index is 13.7. The van der Waals surface area contributed by atoms with Gasteiger partial charge in [0.2, 0.25) is 5.78 Å². The van der Waals surface area contributed by atoms with Gasteiger partial charge in [0.05, 0.1) is 41.4 Å². The molecule has 3 aromatic carbocycles. The van der Waals surface area contributed by atoms with Crippen molar-refractivity contribution in [3.05, 3.63) is 85.3 Å². The maximum Gasteiger partial charge on any atom is 0.201 e. The van der Waals surface area contributed by atoms with Crippen molar-refractivity contribution in [3.63, 3.8) is 0 Å². The van der Waals surface area contributed by atoms with Gasteiger partial charge in [0.15, 0.2) is 17.3 Å². The largest absolute Gasteiger partial charge is 0.495 e. The van der Waals surface area contributed by atoms with Crippen molar-refractivity contribution < 1.29 is 23.8 Å². The highest BCUT2D eigenvalue weighted by Crippen LogP contribution is 2.44. The molecule has 0 atom stereocenters. The van der Waals surface area contributed by atoms with E-state index in [-0.39, 0.29) is 43.8 Å². The Balaban J connectivity index is 2.25. The van der Waals surface area contributed by atoms with Crippen LogP contribution in [-0.4, -0.2) is 32.9 Å². The SMILES string of the molecule is COc1cc(Br)c(OC)c(C(=O)c2ccccc2C(=O)c2c(Cl)cccc2Cl)c1OC. The second kappa shape index (κ2) is 9.73. The Kier molecular flexibility index (Phi) is 7.26. The Morgan fingerprint density at radius 1 is 0.742 bits per heavy atom. The standard InChI is InChI=1S/C23H17BrCl2O5/c1-29-17-11-14(24)22(30-2)19(23(17)31-3)21(28)13-8-5-4-7-12(13)20(27)18-15(25)9-6-10-16(18)26/h4-11H,1-3H3. The number of ether oxygens (including phenoxy) is 3. The first-order valence-corrected chi connectivity index (χ1v) is 10.5. The van der Waals surface area contributed by atoms with E-state index in [1.165, 1.54) is 21.3 Å². The fourth-order valence-corrected chi connectivity index (χ4v) is 4.35. The van der Waals surface area contributed by atoms with Crippen molar-refractivity contribution >= 4 is 50.7 Å². The molecule has 0 N–H and O–H groups in total. The molecule has 5 nitrogen and oxygen atoms in total. The van der Waals surface area contributed by atoms with Gasteiger partial charge in [-0.3, -0.25) is 9.59 Å². The lowest BCUT2D eigenvalue weighted by atomic mass is 9.92. The van der Waals surface area contributed by atoms with Gasteiger partial charge >= 0.3 is 0 Å². The first-order chi connectivity index (χ1) is 14.8. The molecule has 0 spiro atoms. The van der Waals surface area contributed by atoms with Gasteiger partial charge in [-0.25, -0.2) is 0 Å². The van der Waals surface area contributed by atoms with Gasteiger partial charge in [-0.1, -0.05) is 53.5 Å². The van der Waals surface area contributed by atoms with E-state index >= 15 is 0 Å². The minimum atomic E-state index is -0.486. The summed E-state index contributed by atoms with van der Waals surface area (Å²) in [4.78, 5) is 27.0. The van der Waals surface area contributed by atoms with Crippen molar-refractivity contribution in [2.45, 2.75) is 0 Å². The molecule has 0 bridgehead atoms. The summed E-state index contributed by atoms with van der Waals surface area (Å²) in [7, 11) is 4.31. The summed E-state index contributed by atoms with van der Waals surface area (Å²) in [5.74, 6) is -0.192. The maximum atomic E-state index is 13.7. The fraction of sp³-hybridized carbons (Fsp3) is 0.130. The molecule has 3 aromatic rings. The van der Waals surface area contributed by atoms with E-state index in [2.05, 4.69) is 15.9 Å². The van der Waals surface area contributed by atoms with E-state index in [9.17, 15) is 9.59 Å². The summed E-state index contributed by atoms with van der Waals surface area (Å²) in [6.07, 6.45) is 0. The predicted octanol–water partition coefficient (Wildman–Crippen LogP) is 6.24. The monoisotopic (exact) mass is 522 g/mol. The van der Waals surface area contributed by atoms with Crippen LogP contribution in [0.25, 0.3) is 0 Å². The number of hydrogen-bond acceptors (Lipinski definition) is 5. The Hall–Kier alpha value is -2.54. The van der Waals surface area contributed by atoms with Gasteiger partial charge in [0.1, 0.15) is 11.3 Å². The molecular formula is C23H17BrCl2O5. The summed E-state index contributed by atoms with van der Waals surface area (Å²) < 4.78 is 16.8. The third-order valence-electron chi connectivity index (χ3n) is 4.61. The summed E-state index contributed by atoms with van der Waals surface area (Å²) in [6, 6.07) is 12.8. The highest BCUT2D eigenvalue weighted by molar-refractivity contribution is 9.10. The van der Waals surface area contributed by atoms with E-state index in [1.54, 1.807) is 48.5 Å². The zero-order valence-electron chi connectivity index (χ0n) is 16.8. The predicted molar refractivity (Wildman–Crippen MR) is 124 cm³/mol. The lowest BCUT2D eigenvalue weighted by Crippen LogP contribution is -2.14. The van der Waals surface area contributed by atoms with Crippen molar-refractivity contribution in [2.24, 2.45) is 0 Å². The number of hydrogen-bond donors (Lipinski definition) is 0. The van der Waals surface area contributed by atoms with Crippen LogP contribution in [0, 0.1) is 0 Å². The van der Waals surface area contributed by atoms with Crippen LogP contribution in [0.15, 0.2) is 53.0 Å².